The number of benzene rings is 1. The number of hydrogen-bond acceptors (Lipinski definition) is 3. The van der Waals surface area contributed by atoms with Crippen LogP contribution < -0.4 is 10.5 Å². The molecule has 1 atom stereocenters. The first-order valence-corrected chi connectivity index (χ1v) is 7.32. The van der Waals surface area contributed by atoms with Gasteiger partial charge >= 0.3 is 0 Å². The normalized spacial score (nSPS) is 15.6. The number of hydrogen-bond donors (Lipinski definition) is 1. The van der Waals surface area contributed by atoms with E-state index in [2.05, 4.69) is 30.7 Å². The van der Waals surface area contributed by atoms with Crippen LogP contribution in [-0.4, -0.2) is 37.7 Å². The third-order valence-corrected chi connectivity index (χ3v) is 3.88. The molecule has 0 aliphatic heterocycles. The number of ether oxygens (including phenoxy) is 1. The van der Waals surface area contributed by atoms with Crippen LogP contribution >= 0.6 is 0 Å². The summed E-state index contributed by atoms with van der Waals surface area (Å²) in [7, 11) is 2.18. The summed E-state index contributed by atoms with van der Waals surface area (Å²) in [5.74, 6) is 7.65. The fraction of sp³-hybridized carbons (Fsp3) is 0.529. The molecule has 1 fully saturated rings. The maximum absolute atomic E-state index is 5.81. The van der Waals surface area contributed by atoms with Crippen LogP contribution in [0.25, 0.3) is 0 Å². The van der Waals surface area contributed by atoms with Crippen molar-refractivity contribution in [1.82, 2.24) is 4.90 Å². The Morgan fingerprint density at radius 2 is 2.25 bits per heavy atom. The van der Waals surface area contributed by atoms with Gasteiger partial charge in [0.05, 0.1) is 6.54 Å². The van der Waals surface area contributed by atoms with Crippen LogP contribution in [0.1, 0.15) is 25.3 Å². The van der Waals surface area contributed by atoms with E-state index in [0.717, 1.165) is 23.8 Å². The molecular weight excluding hydrogens is 248 g/mol. The zero-order valence-corrected chi connectivity index (χ0v) is 12.4. The van der Waals surface area contributed by atoms with Crippen molar-refractivity contribution in [2.24, 2.45) is 11.7 Å². The Morgan fingerprint density at radius 3 is 2.95 bits per heavy atom. The van der Waals surface area contributed by atoms with Gasteiger partial charge in [0.25, 0.3) is 0 Å². The molecule has 1 aliphatic rings. The van der Waals surface area contributed by atoms with E-state index in [1.165, 1.54) is 12.8 Å². The van der Waals surface area contributed by atoms with E-state index in [1.807, 2.05) is 24.3 Å². The fourth-order valence-electron chi connectivity index (χ4n) is 2.27. The summed E-state index contributed by atoms with van der Waals surface area (Å²) in [5, 5.41) is 0. The van der Waals surface area contributed by atoms with Crippen molar-refractivity contribution in [2.75, 3.05) is 26.7 Å². The van der Waals surface area contributed by atoms with Crippen molar-refractivity contribution in [2.45, 2.75) is 25.8 Å². The van der Waals surface area contributed by atoms with Gasteiger partial charge in [-0.05, 0) is 50.9 Å². The highest BCUT2D eigenvalue weighted by Crippen LogP contribution is 2.34. The Balaban J connectivity index is 1.78. The number of nitrogens with two attached hydrogens (primary N) is 1. The Morgan fingerprint density at radius 1 is 1.45 bits per heavy atom. The van der Waals surface area contributed by atoms with Crippen molar-refractivity contribution < 1.29 is 4.74 Å². The zero-order valence-electron chi connectivity index (χ0n) is 12.4. The van der Waals surface area contributed by atoms with Gasteiger partial charge in [-0.15, -0.1) is 0 Å². The molecule has 1 aromatic carbocycles. The van der Waals surface area contributed by atoms with Gasteiger partial charge in [-0.2, -0.15) is 0 Å². The lowest BCUT2D eigenvalue weighted by atomic mass is 10.2. The molecule has 0 saturated heterocycles. The molecule has 20 heavy (non-hydrogen) atoms. The second kappa shape index (κ2) is 7.33. The van der Waals surface area contributed by atoms with Crippen LogP contribution in [0.5, 0.6) is 5.75 Å². The monoisotopic (exact) mass is 272 g/mol. The average Bonchev–Trinajstić information content (AvgIpc) is 3.29. The third kappa shape index (κ3) is 4.56. The first-order valence-electron chi connectivity index (χ1n) is 7.32. The number of rotatable bonds is 6. The fourth-order valence-corrected chi connectivity index (χ4v) is 2.27. The van der Waals surface area contributed by atoms with Crippen molar-refractivity contribution in [3.05, 3.63) is 29.8 Å². The molecule has 2 rings (SSSR count). The molecule has 2 N–H and O–H groups in total. The van der Waals surface area contributed by atoms with E-state index in [1.54, 1.807) is 0 Å². The molecule has 3 heteroatoms. The minimum absolute atomic E-state index is 0.384. The van der Waals surface area contributed by atoms with Crippen molar-refractivity contribution in [1.29, 1.82) is 0 Å². The standard InChI is InChI=1S/C17H24N2O/c1-14(16-8-9-16)19(2)11-12-20-17-7-3-5-15(13-17)6-4-10-18/h3,5,7,13-14,16H,8-12,18H2,1-2H3. The second-order valence-corrected chi connectivity index (χ2v) is 5.44. The number of nitrogens with zero attached hydrogens (tertiary/aromatic N) is 1. The zero-order chi connectivity index (χ0) is 14.4. The molecular formula is C17H24N2O. The Bertz CT molecular complexity index is 485. The minimum Gasteiger partial charge on any atom is -0.492 e. The Labute approximate surface area is 122 Å². The lowest BCUT2D eigenvalue weighted by Gasteiger charge is -2.24. The van der Waals surface area contributed by atoms with Gasteiger partial charge in [0.2, 0.25) is 0 Å². The predicted octanol–water partition coefficient (Wildman–Crippen LogP) is 2.11. The van der Waals surface area contributed by atoms with Crippen molar-refractivity contribution in [3.8, 4) is 17.6 Å². The molecule has 0 spiro atoms. The van der Waals surface area contributed by atoms with Gasteiger partial charge in [0.1, 0.15) is 12.4 Å². The summed E-state index contributed by atoms with van der Waals surface area (Å²) < 4.78 is 5.81. The van der Waals surface area contributed by atoms with E-state index < -0.39 is 0 Å². The highest BCUT2D eigenvalue weighted by molar-refractivity contribution is 5.39. The van der Waals surface area contributed by atoms with Gasteiger partial charge in [-0.3, -0.25) is 0 Å². The molecule has 3 nitrogen and oxygen atoms in total. The van der Waals surface area contributed by atoms with E-state index in [-0.39, 0.29) is 0 Å². The Kier molecular flexibility index (Phi) is 5.46. The Hall–Kier alpha value is -1.50. The van der Waals surface area contributed by atoms with Gasteiger partial charge in [0.15, 0.2) is 0 Å². The predicted molar refractivity (Wildman–Crippen MR) is 82.7 cm³/mol. The molecule has 1 unspecified atom stereocenters. The number of likely N-dealkylation sites (N-methyl/N-ethyl adjacent to an activating group) is 1. The van der Waals surface area contributed by atoms with Crippen LogP contribution in [-0.2, 0) is 0 Å². The molecule has 0 heterocycles. The summed E-state index contributed by atoms with van der Waals surface area (Å²) >= 11 is 0. The average molecular weight is 272 g/mol. The molecule has 0 bridgehead atoms. The first kappa shape index (κ1) is 14.9. The summed E-state index contributed by atoms with van der Waals surface area (Å²) in [4.78, 5) is 2.38. The lowest BCUT2D eigenvalue weighted by molar-refractivity contribution is 0.186. The van der Waals surface area contributed by atoms with Crippen LogP contribution in [0.2, 0.25) is 0 Å². The maximum atomic E-state index is 5.81. The SMILES string of the molecule is CC(C1CC1)N(C)CCOc1cccc(C#CCN)c1. The molecule has 108 valence electrons. The van der Waals surface area contributed by atoms with Crippen LogP contribution in [0.15, 0.2) is 24.3 Å². The van der Waals surface area contributed by atoms with Gasteiger partial charge in [-0.25, -0.2) is 0 Å². The highest BCUT2D eigenvalue weighted by atomic mass is 16.5. The summed E-state index contributed by atoms with van der Waals surface area (Å²) in [6, 6.07) is 8.54. The van der Waals surface area contributed by atoms with E-state index in [9.17, 15) is 0 Å². The van der Waals surface area contributed by atoms with E-state index >= 15 is 0 Å². The summed E-state index contributed by atoms with van der Waals surface area (Å²) in [5.41, 5.74) is 6.33. The summed E-state index contributed by atoms with van der Waals surface area (Å²) in [6.45, 7) is 4.35. The molecule has 0 aromatic heterocycles. The van der Waals surface area contributed by atoms with Crippen LogP contribution in [0.4, 0.5) is 0 Å². The smallest absolute Gasteiger partial charge is 0.120 e. The summed E-state index contributed by atoms with van der Waals surface area (Å²) in [6.07, 6.45) is 2.77. The molecule has 0 radical (unpaired) electrons. The topological polar surface area (TPSA) is 38.5 Å². The van der Waals surface area contributed by atoms with Gasteiger partial charge in [-0.1, -0.05) is 17.9 Å². The molecule has 1 aliphatic carbocycles. The van der Waals surface area contributed by atoms with Crippen molar-refractivity contribution in [3.63, 3.8) is 0 Å². The molecule has 1 saturated carbocycles. The minimum atomic E-state index is 0.384. The van der Waals surface area contributed by atoms with Crippen LogP contribution in [0.3, 0.4) is 0 Å². The maximum Gasteiger partial charge on any atom is 0.120 e. The van der Waals surface area contributed by atoms with Gasteiger partial charge in [0, 0.05) is 18.2 Å². The van der Waals surface area contributed by atoms with Gasteiger partial charge < -0.3 is 15.4 Å². The third-order valence-electron chi connectivity index (χ3n) is 3.88. The van der Waals surface area contributed by atoms with Crippen molar-refractivity contribution >= 4 is 0 Å². The highest BCUT2D eigenvalue weighted by Gasteiger charge is 2.30. The lowest BCUT2D eigenvalue weighted by Crippen LogP contribution is -2.34. The van der Waals surface area contributed by atoms with E-state index in [4.69, 9.17) is 10.5 Å². The molecule has 1 aromatic rings. The first-order chi connectivity index (χ1) is 9.70. The quantitative estimate of drug-likeness (QED) is 0.806. The van der Waals surface area contributed by atoms with Crippen LogP contribution in [0, 0.1) is 17.8 Å². The molecule has 0 amide bonds. The van der Waals surface area contributed by atoms with E-state index in [0.29, 0.717) is 19.2 Å². The largest absolute Gasteiger partial charge is 0.492 e. The second-order valence-electron chi connectivity index (χ2n) is 5.44.